The summed E-state index contributed by atoms with van der Waals surface area (Å²) in [6.45, 7) is 2.72. The lowest BCUT2D eigenvalue weighted by Gasteiger charge is -2.23. The number of amides is 1. The van der Waals surface area contributed by atoms with Gasteiger partial charge in [0.25, 0.3) is 0 Å². The van der Waals surface area contributed by atoms with Gasteiger partial charge >= 0.3 is 5.63 Å². The highest BCUT2D eigenvalue weighted by Gasteiger charge is 2.29. The molecule has 144 valence electrons. The lowest BCUT2D eigenvalue weighted by molar-refractivity contribution is -0.114. The Morgan fingerprint density at radius 2 is 1.89 bits per heavy atom. The number of carbonyl (C=O) groups is 1. The molecule has 1 amide bonds. The SMILES string of the molecule is CC(=O)Nc1ccc2c(CN(Cc3ccc(F)cc3)C3CC3)cc(=O)oc2c1. The minimum Gasteiger partial charge on any atom is -0.423 e. The molecule has 1 aromatic heterocycles. The zero-order valence-electron chi connectivity index (χ0n) is 15.6. The fourth-order valence-electron chi connectivity index (χ4n) is 3.44. The number of nitrogens with one attached hydrogen (secondary N) is 1. The number of carbonyl (C=O) groups excluding carboxylic acids is 1. The summed E-state index contributed by atoms with van der Waals surface area (Å²) in [7, 11) is 0. The van der Waals surface area contributed by atoms with Gasteiger partial charge in [-0.2, -0.15) is 0 Å². The summed E-state index contributed by atoms with van der Waals surface area (Å²) in [5, 5.41) is 3.55. The minimum absolute atomic E-state index is 0.183. The van der Waals surface area contributed by atoms with Gasteiger partial charge in [-0.05, 0) is 48.2 Å². The number of hydrogen-bond acceptors (Lipinski definition) is 4. The number of fused-ring (bicyclic) bond motifs is 1. The molecule has 0 saturated heterocycles. The molecule has 1 aliphatic rings. The molecular formula is C22H21FN2O3. The number of nitrogens with zero attached hydrogens (tertiary/aromatic N) is 1. The quantitative estimate of drug-likeness (QED) is 0.655. The van der Waals surface area contributed by atoms with Gasteiger partial charge < -0.3 is 9.73 Å². The standard InChI is InChI=1S/C22H21FN2O3/c1-14(26)24-18-6-9-20-16(10-22(27)28-21(20)11-18)13-25(19-7-8-19)12-15-2-4-17(23)5-3-15/h2-6,9-11,19H,7-8,12-13H2,1H3,(H,24,26). The van der Waals surface area contributed by atoms with Crippen LogP contribution in [0.15, 0.2) is 57.7 Å². The molecule has 28 heavy (non-hydrogen) atoms. The first kappa shape index (κ1) is 18.4. The summed E-state index contributed by atoms with van der Waals surface area (Å²) in [6, 6.07) is 13.8. The third-order valence-corrected chi connectivity index (χ3v) is 4.89. The molecule has 6 heteroatoms. The fraction of sp³-hybridized carbons (Fsp3) is 0.273. The van der Waals surface area contributed by atoms with Gasteiger partial charge in [0.05, 0.1) is 0 Å². The zero-order chi connectivity index (χ0) is 19.7. The minimum atomic E-state index is -0.417. The Bertz CT molecular complexity index is 1070. The van der Waals surface area contributed by atoms with Gasteiger partial charge in [0.1, 0.15) is 11.4 Å². The molecule has 0 spiro atoms. The van der Waals surface area contributed by atoms with Crippen LogP contribution in [0, 0.1) is 5.82 Å². The second-order valence-corrected chi connectivity index (χ2v) is 7.25. The Kier molecular flexibility index (Phi) is 4.96. The van der Waals surface area contributed by atoms with Crippen LogP contribution in [0.5, 0.6) is 0 Å². The van der Waals surface area contributed by atoms with Crippen molar-refractivity contribution in [2.45, 2.75) is 38.9 Å². The molecule has 4 rings (SSSR count). The van der Waals surface area contributed by atoms with Crippen LogP contribution < -0.4 is 10.9 Å². The van der Waals surface area contributed by atoms with Crippen molar-refractivity contribution < 1.29 is 13.6 Å². The molecule has 0 bridgehead atoms. The third-order valence-electron chi connectivity index (χ3n) is 4.89. The normalized spacial score (nSPS) is 13.8. The highest BCUT2D eigenvalue weighted by molar-refractivity contribution is 5.92. The van der Waals surface area contributed by atoms with Gasteiger partial charge in [0, 0.05) is 49.3 Å². The van der Waals surface area contributed by atoms with E-state index in [2.05, 4.69) is 10.2 Å². The Hall–Kier alpha value is -2.99. The number of halogens is 1. The Labute approximate surface area is 161 Å². The monoisotopic (exact) mass is 380 g/mol. The maximum Gasteiger partial charge on any atom is 0.336 e. The van der Waals surface area contributed by atoms with Crippen molar-refractivity contribution in [2.75, 3.05) is 5.32 Å². The summed E-state index contributed by atoms with van der Waals surface area (Å²) in [6.07, 6.45) is 2.24. The molecule has 1 saturated carbocycles. The van der Waals surface area contributed by atoms with Crippen LogP contribution in [0.1, 0.15) is 30.9 Å². The van der Waals surface area contributed by atoms with Gasteiger partial charge in [-0.15, -0.1) is 0 Å². The van der Waals surface area contributed by atoms with E-state index in [4.69, 9.17) is 4.42 Å². The maximum atomic E-state index is 13.2. The number of hydrogen-bond donors (Lipinski definition) is 1. The smallest absolute Gasteiger partial charge is 0.336 e. The van der Waals surface area contributed by atoms with Gasteiger partial charge in [0.15, 0.2) is 0 Å². The summed E-state index contributed by atoms with van der Waals surface area (Å²) in [5.74, 6) is -0.430. The second kappa shape index (κ2) is 7.56. The average Bonchev–Trinajstić information content (AvgIpc) is 3.47. The summed E-state index contributed by atoms with van der Waals surface area (Å²) >= 11 is 0. The molecule has 3 aromatic rings. The zero-order valence-corrected chi connectivity index (χ0v) is 15.6. The van der Waals surface area contributed by atoms with Gasteiger partial charge in [0.2, 0.25) is 5.91 Å². The highest BCUT2D eigenvalue weighted by atomic mass is 19.1. The predicted molar refractivity (Wildman–Crippen MR) is 105 cm³/mol. The first-order valence-electron chi connectivity index (χ1n) is 9.31. The Morgan fingerprint density at radius 1 is 1.14 bits per heavy atom. The number of benzene rings is 2. The van der Waals surface area contributed by atoms with E-state index in [9.17, 15) is 14.0 Å². The van der Waals surface area contributed by atoms with E-state index < -0.39 is 5.63 Å². The summed E-state index contributed by atoms with van der Waals surface area (Å²) in [4.78, 5) is 25.7. The van der Waals surface area contributed by atoms with Crippen molar-refractivity contribution in [1.82, 2.24) is 4.90 Å². The van der Waals surface area contributed by atoms with Crippen molar-refractivity contribution >= 4 is 22.6 Å². The Balaban J connectivity index is 1.63. The molecule has 0 atom stereocenters. The largest absolute Gasteiger partial charge is 0.423 e. The van der Waals surface area contributed by atoms with Crippen molar-refractivity contribution in [2.24, 2.45) is 0 Å². The van der Waals surface area contributed by atoms with Crippen molar-refractivity contribution in [3.8, 4) is 0 Å². The van der Waals surface area contributed by atoms with E-state index in [1.54, 1.807) is 24.3 Å². The van der Waals surface area contributed by atoms with E-state index in [1.165, 1.54) is 25.1 Å². The van der Waals surface area contributed by atoms with E-state index in [0.29, 0.717) is 30.4 Å². The molecule has 1 aliphatic carbocycles. The van der Waals surface area contributed by atoms with Crippen LogP contribution in [-0.4, -0.2) is 16.8 Å². The molecular weight excluding hydrogens is 359 g/mol. The van der Waals surface area contributed by atoms with Gasteiger partial charge in [-0.3, -0.25) is 9.69 Å². The molecule has 0 unspecified atom stereocenters. The first-order chi connectivity index (χ1) is 13.5. The van der Waals surface area contributed by atoms with E-state index >= 15 is 0 Å². The van der Waals surface area contributed by atoms with E-state index in [1.807, 2.05) is 6.07 Å². The van der Waals surface area contributed by atoms with Crippen molar-refractivity contribution in [3.63, 3.8) is 0 Å². The van der Waals surface area contributed by atoms with Crippen LogP contribution in [0.3, 0.4) is 0 Å². The molecule has 2 aromatic carbocycles. The highest BCUT2D eigenvalue weighted by Crippen LogP contribution is 2.31. The van der Waals surface area contributed by atoms with Crippen LogP contribution in [0.4, 0.5) is 10.1 Å². The molecule has 1 heterocycles. The lowest BCUT2D eigenvalue weighted by atomic mass is 10.1. The first-order valence-corrected chi connectivity index (χ1v) is 9.31. The molecule has 0 radical (unpaired) electrons. The number of rotatable bonds is 6. The van der Waals surface area contributed by atoms with Crippen LogP contribution in [0.2, 0.25) is 0 Å². The number of anilines is 1. The van der Waals surface area contributed by atoms with Gasteiger partial charge in [-0.25, -0.2) is 9.18 Å². The van der Waals surface area contributed by atoms with Crippen LogP contribution in [0.25, 0.3) is 11.0 Å². The average molecular weight is 380 g/mol. The third kappa shape index (κ3) is 4.28. The van der Waals surface area contributed by atoms with Crippen molar-refractivity contribution in [3.05, 3.63) is 75.9 Å². The molecule has 0 aliphatic heterocycles. The molecule has 1 N–H and O–H groups in total. The fourth-order valence-corrected chi connectivity index (χ4v) is 3.44. The Morgan fingerprint density at radius 3 is 2.57 bits per heavy atom. The van der Waals surface area contributed by atoms with Crippen LogP contribution >= 0.6 is 0 Å². The summed E-state index contributed by atoms with van der Waals surface area (Å²) in [5.41, 5.74) is 2.54. The van der Waals surface area contributed by atoms with E-state index in [0.717, 1.165) is 29.4 Å². The lowest BCUT2D eigenvalue weighted by Crippen LogP contribution is -2.25. The van der Waals surface area contributed by atoms with Crippen LogP contribution in [-0.2, 0) is 17.9 Å². The molecule has 1 fully saturated rings. The molecule has 5 nitrogen and oxygen atoms in total. The second-order valence-electron chi connectivity index (χ2n) is 7.25. The summed E-state index contributed by atoms with van der Waals surface area (Å²) < 4.78 is 18.5. The predicted octanol–water partition coefficient (Wildman–Crippen LogP) is 4.06. The van der Waals surface area contributed by atoms with Crippen molar-refractivity contribution in [1.29, 1.82) is 0 Å². The maximum absolute atomic E-state index is 13.2. The van der Waals surface area contributed by atoms with E-state index in [-0.39, 0.29) is 11.7 Å². The van der Waals surface area contributed by atoms with Gasteiger partial charge in [-0.1, -0.05) is 12.1 Å². The topological polar surface area (TPSA) is 62.6 Å².